The van der Waals surface area contributed by atoms with Gasteiger partial charge in [0.15, 0.2) is 0 Å². The Morgan fingerprint density at radius 2 is 1.84 bits per heavy atom. The Balaban J connectivity index is 1.65. The predicted octanol–water partition coefficient (Wildman–Crippen LogP) is 3.67. The fourth-order valence-electron chi connectivity index (χ4n) is 3.76. The van der Waals surface area contributed by atoms with Crippen LogP contribution < -0.4 is 5.32 Å². The molecule has 0 amide bonds. The van der Waals surface area contributed by atoms with Gasteiger partial charge in [0.05, 0.1) is 0 Å². The van der Waals surface area contributed by atoms with Gasteiger partial charge in [0.2, 0.25) is 0 Å². The third-order valence-electron chi connectivity index (χ3n) is 5.42. The molecule has 0 bridgehead atoms. The van der Waals surface area contributed by atoms with Crippen LogP contribution in [-0.4, -0.2) is 37.1 Å². The van der Waals surface area contributed by atoms with Gasteiger partial charge in [-0.05, 0) is 76.4 Å². The fourth-order valence-corrected chi connectivity index (χ4v) is 3.76. The molecule has 2 rings (SSSR count). The van der Waals surface area contributed by atoms with E-state index in [1.54, 1.807) is 0 Å². The molecule has 0 spiro atoms. The number of rotatable bonds is 8. The first-order valence-electron chi connectivity index (χ1n) is 8.65. The minimum atomic E-state index is 0.700. The summed E-state index contributed by atoms with van der Waals surface area (Å²) in [7, 11) is 0. The van der Waals surface area contributed by atoms with Crippen LogP contribution in [0, 0.1) is 11.3 Å². The monoisotopic (exact) mass is 266 g/mol. The van der Waals surface area contributed by atoms with Gasteiger partial charge in [0.25, 0.3) is 0 Å². The van der Waals surface area contributed by atoms with Crippen LogP contribution in [0.3, 0.4) is 0 Å². The summed E-state index contributed by atoms with van der Waals surface area (Å²) in [4.78, 5) is 2.64. The van der Waals surface area contributed by atoms with Crippen LogP contribution in [0.4, 0.5) is 0 Å². The molecule has 1 saturated carbocycles. The van der Waals surface area contributed by atoms with Crippen molar-refractivity contribution in [2.45, 2.75) is 71.8 Å². The van der Waals surface area contributed by atoms with Gasteiger partial charge in [-0.25, -0.2) is 0 Å². The molecule has 1 aliphatic heterocycles. The first-order chi connectivity index (χ1) is 9.19. The topological polar surface area (TPSA) is 15.3 Å². The van der Waals surface area contributed by atoms with Crippen LogP contribution in [-0.2, 0) is 0 Å². The fraction of sp³-hybridized carbons (Fsp3) is 1.00. The third-order valence-corrected chi connectivity index (χ3v) is 5.42. The number of hydrogen-bond acceptors (Lipinski definition) is 2. The molecule has 1 N–H and O–H groups in total. The zero-order valence-corrected chi connectivity index (χ0v) is 13.4. The maximum absolute atomic E-state index is 3.87. The second kappa shape index (κ2) is 7.08. The summed E-state index contributed by atoms with van der Waals surface area (Å²) >= 11 is 0. The van der Waals surface area contributed by atoms with E-state index in [4.69, 9.17) is 0 Å². The molecule has 0 radical (unpaired) electrons. The van der Waals surface area contributed by atoms with Gasteiger partial charge >= 0.3 is 0 Å². The van der Waals surface area contributed by atoms with Crippen LogP contribution >= 0.6 is 0 Å². The summed E-state index contributed by atoms with van der Waals surface area (Å²) in [5.74, 6) is 0.908. The highest BCUT2D eigenvalue weighted by Crippen LogP contribution is 2.49. The second-order valence-electron chi connectivity index (χ2n) is 7.10. The lowest BCUT2D eigenvalue weighted by Gasteiger charge is -2.35. The molecule has 1 aliphatic carbocycles. The zero-order valence-electron chi connectivity index (χ0n) is 13.4. The number of piperidine rings is 1. The zero-order chi connectivity index (χ0) is 13.7. The van der Waals surface area contributed by atoms with E-state index in [0.29, 0.717) is 5.41 Å². The Bertz CT molecular complexity index is 252. The van der Waals surface area contributed by atoms with E-state index < -0.39 is 0 Å². The van der Waals surface area contributed by atoms with Crippen molar-refractivity contribution in [1.82, 2.24) is 10.2 Å². The van der Waals surface area contributed by atoms with E-state index in [9.17, 15) is 0 Å². The average molecular weight is 266 g/mol. The highest BCUT2D eigenvalue weighted by molar-refractivity contribution is 4.95. The summed E-state index contributed by atoms with van der Waals surface area (Å²) in [6.07, 6.45) is 9.82. The molecule has 2 fully saturated rings. The Morgan fingerprint density at radius 3 is 2.37 bits per heavy atom. The molecule has 112 valence electrons. The first-order valence-corrected chi connectivity index (χ1v) is 8.65. The summed E-state index contributed by atoms with van der Waals surface area (Å²) in [6.45, 7) is 12.3. The molecule has 19 heavy (non-hydrogen) atoms. The normalized spacial score (nSPS) is 25.4. The second-order valence-corrected chi connectivity index (χ2v) is 7.10. The van der Waals surface area contributed by atoms with Gasteiger partial charge in [-0.1, -0.05) is 20.3 Å². The van der Waals surface area contributed by atoms with Crippen molar-refractivity contribution in [3.8, 4) is 0 Å². The van der Waals surface area contributed by atoms with Gasteiger partial charge in [0, 0.05) is 12.6 Å². The standard InChI is InChI=1S/C17H34N2/c1-4-8-17(9-10-17)14-18-15(3)16-6-12-19(11-5-2)13-7-16/h15-16,18H,4-14H2,1-3H3. The predicted molar refractivity (Wildman–Crippen MR) is 83.5 cm³/mol. The molecule has 0 aromatic rings. The third kappa shape index (κ3) is 4.46. The van der Waals surface area contributed by atoms with E-state index in [-0.39, 0.29) is 0 Å². The Hall–Kier alpha value is -0.0800. The van der Waals surface area contributed by atoms with E-state index in [2.05, 4.69) is 31.0 Å². The summed E-state index contributed by atoms with van der Waals surface area (Å²) in [6, 6.07) is 0.720. The molecule has 2 aliphatic rings. The minimum Gasteiger partial charge on any atom is -0.313 e. The lowest BCUT2D eigenvalue weighted by atomic mass is 9.89. The smallest absolute Gasteiger partial charge is 0.00681 e. The highest BCUT2D eigenvalue weighted by Gasteiger charge is 2.41. The van der Waals surface area contributed by atoms with Crippen molar-refractivity contribution in [1.29, 1.82) is 0 Å². The van der Waals surface area contributed by atoms with Crippen LogP contribution in [0.2, 0.25) is 0 Å². The van der Waals surface area contributed by atoms with Gasteiger partial charge in [-0.2, -0.15) is 0 Å². The summed E-state index contributed by atoms with van der Waals surface area (Å²) < 4.78 is 0. The lowest BCUT2D eigenvalue weighted by molar-refractivity contribution is 0.160. The quantitative estimate of drug-likeness (QED) is 0.721. The number of hydrogen-bond donors (Lipinski definition) is 1. The van der Waals surface area contributed by atoms with Crippen molar-refractivity contribution in [3.63, 3.8) is 0 Å². The van der Waals surface area contributed by atoms with E-state index in [1.807, 2.05) is 0 Å². The van der Waals surface area contributed by atoms with Crippen LogP contribution in [0.5, 0.6) is 0 Å². The van der Waals surface area contributed by atoms with Gasteiger partial charge in [0.1, 0.15) is 0 Å². The maximum atomic E-state index is 3.87. The van der Waals surface area contributed by atoms with E-state index in [1.165, 1.54) is 71.1 Å². The van der Waals surface area contributed by atoms with Crippen molar-refractivity contribution < 1.29 is 0 Å². The molecule has 1 atom stereocenters. The molecular formula is C17H34N2. The number of nitrogens with one attached hydrogen (secondary N) is 1. The SMILES string of the molecule is CCCN1CCC(C(C)NCC2(CCC)CC2)CC1. The molecule has 1 saturated heterocycles. The van der Waals surface area contributed by atoms with Gasteiger partial charge in [-0.15, -0.1) is 0 Å². The molecule has 2 nitrogen and oxygen atoms in total. The van der Waals surface area contributed by atoms with E-state index in [0.717, 1.165) is 12.0 Å². The summed E-state index contributed by atoms with van der Waals surface area (Å²) in [5, 5.41) is 3.87. The lowest BCUT2D eigenvalue weighted by Crippen LogP contribution is -2.43. The molecule has 1 heterocycles. The molecular weight excluding hydrogens is 232 g/mol. The van der Waals surface area contributed by atoms with Gasteiger partial charge < -0.3 is 10.2 Å². The van der Waals surface area contributed by atoms with Crippen molar-refractivity contribution in [3.05, 3.63) is 0 Å². The van der Waals surface area contributed by atoms with Crippen LogP contribution in [0.1, 0.15) is 65.7 Å². The Labute approximate surface area is 120 Å². The summed E-state index contributed by atoms with van der Waals surface area (Å²) in [5.41, 5.74) is 0.700. The van der Waals surface area contributed by atoms with Crippen LogP contribution in [0.25, 0.3) is 0 Å². The molecule has 1 unspecified atom stereocenters. The molecule has 2 heteroatoms. The highest BCUT2D eigenvalue weighted by atomic mass is 15.1. The number of nitrogens with zero attached hydrogens (tertiary/aromatic N) is 1. The average Bonchev–Trinajstić information content (AvgIpc) is 3.18. The van der Waals surface area contributed by atoms with E-state index >= 15 is 0 Å². The van der Waals surface area contributed by atoms with Crippen molar-refractivity contribution >= 4 is 0 Å². The first kappa shape index (κ1) is 15.3. The van der Waals surface area contributed by atoms with Crippen LogP contribution in [0.15, 0.2) is 0 Å². The Kier molecular flexibility index (Phi) is 5.70. The van der Waals surface area contributed by atoms with Crippen molar-refractivity contribution in [2.24, 2.45) is 11.3 Å². The van der Waals surface area contributed by atoms with Crippen molar-refractivity contribution in [2.75, 3.05) is 26.2 Å². The Morgan fingerprint density at radius 1 is 1.16 bits per heavy atom. The molecule has 0 aromatic heterocycles. The minimum absolute atomic E-state index is 0.700. The van der Waals surface area contributed by atoms with Gasteiger partial charge in [-0.3, -0.25) is 0 Å². The largest absolute Gasteiger partial charge is 0.313 e. The maximum Gasteiger partial charge on any atom is 0.00681 e. The number of likely N-dealkylation sites (tertiary alicyclic amines) is 1. The molecule has 0 aromatic carbocycles.